The van der Waals surface area contributed by atoms with Crippen LogP contribution in [0.1, 0.15) is 16.8 Å². The third-order valence-electron chi connectivity index (χ3n) is 3.54. The van der Waals surface area contributed by atoms with E-state index in [4.69, 9.17) is 12.2 Å². The van der Waals surface area contributed by atoms with Crippen molar-refractivity contribution in [3.8, 4) is 0 Å². The monoisotopic (exact) mass is 286 g/mol. The van der Waals surface area contributed by atoms with Crippen molar-refractivity contribution in [2.75, 3.05) is 18.4 Å². The summed E-state index contributed by atoms with van der Waals surface area (Å²) in [7, 11) is 0. The van der Waals surface area contributed by atoms with E-state index in [2.05, 4.69) is 51.8 Å². The molecular weight excluding hydrogens is 268 g/mol. The number of benzene rings is 1. The van der Waals surface area contributed by atoms with Gasteiger partial charge in [-0.2, -0.15) is 0 Å². The van der Waals surface area contributed by atoms with Gasteiger partial charge in [0.05, 0.1) is 0 Å². The number of nitrogens with one attached hydrogen (secondary N) is 3. The lowest BCUT2D eigenvalue weighted by Gasteiger charge is -2.13. The Kier molecular flexibility index (Phi) is 3.80. The molecular formula is C15H18N4S. The van der Waals surface area contributed by atoms with Crippen LogP contribution < -0.4 is 10.6 Å². The maximum atomic E-state index is 5.24. The number of nitrogens with zero attached hydrogens (tertiary/aromatic N) is 1. The van der Waals surface area contributed by atoms with E-state index in [0.717, 1.165) is 37.4 Å². The average molecular weight is 286 g/mol. The van der Waals surface area contributed by atoms with E-state index in [9.17, 15) is 0 Å². The van der Waals surface area contributed by atoms with E-state index in [0.29, 0.717) is 4.77 Å². The second-order valence-electron chi connectivity index (χ2n) is 5.09. The first-order valence-electron chi connectivity index (χ1n) is 6.89. The average Bonchev–Trinajstić information content (AvgIpc) is 2.66. The van der Waals surface area contributed by atoms with E-state index in [1.54, 1.807) is 0 Å². The SMILES string of the molecule is Cc1ccc(Nc2nc(=S)[nH]c3c2CCNCC3)cc1. The largest absolute Gasteiger partial charge is 0.340 e. The summed E-state index contributed by atoms with van der Waals surface area (Å²) in [4.78, 5) is 7.69. The number of hydrogen-bond acceptors (Lipinski definition) is 4. The number of aromatic amines is 1. The van der Waals surface area contributed by atoms with Gasteiger partial charge in [-0.1, -0.05) is 17.7 Å². The standard InChI is InChI=1S/C15H18N4S/c1-10-2-4-11(5-3-10)17-14-12-6-8-16-9-7-13(12)18-15(20)19-14/h2-5,16H,6-9H2,1H3,(H2,17,18,19,20). The van der Waals surface area contributed by atoms with Crippen molar-refractivity contribution in [1.82, 2.24) is 15.3 Å². The summed E-state index contributed by atoms with van der Waals surface area (Å²) >= 11 is 5.24. The van der Waals surface area contributed by atoms with Crippen molar-refractivity contribution in [3.63, 3.8) is 0 Å². The van der Waals surface area contributed by atoms with Crippen LogP contribution in [0.3, 0.4) is 0 Å². The van der Waals surface area contributed by atoms with Crippen molar-refractivity contribution in [2.45, 2.75) is 19.8 Å². The minimum Gasteiger partial charge on any atom is -0.340 e. The van der Waals surface area contributed by atoms with Crippen LogP contribution in [0.4, 0.5) is 11.5 Å². The lowest BCUT2D eigenvalue weighted by molar-refractivity contribution is 0.708. The molecule has 0 aliphatic carbocycles. The maximum absolute atomic E-state index is 5.24. The van der Waals surface area contributed by atoms with Crippen LogP contribution in [0.2, 0.25) is 0 Å². The molecule has 0 bridgehead atoms. The number of aryl methyl sites for hydroxylation is 1. The summed E-state index contributed by atoms with van der Waals surface area (Å²) in [6.07, 6.45) is 1.92. The van der Waals surface area contributed by atoms with Crippen LogP contribution in [0.5, 0.6) is 0 Å². The van der Waals surface area contributed by atoms with Gasteiger partial charge in [-0.15, -0.1) is 0 Å². The normalized spacial score (nSPS) is 14.4. The summed E-state index contributed by atoms with van der Waals surface area (Å²) in [5.74, 6) is 0.885. The number of aromatic nitrogens is 2. The molecule has 0 atom stereocenters. The van der Waals surface area contributed by atoms with Crippen molar-refractivity contribution >= 4 is 23.7 Å². The molecule has 0 saturated heterocycles. The summed E-state index contributed by atoms with van der Waals surface area (Å²) in [6.45, 7) is 4.03. The van der Waals surface area contributed by atoms with Crippen LogP contribution in [0.25, 0.3) is 0 Å². The summed E-state index contributed by atoms with van der Waals surface area (Å²) in [5.41, 5.74) is 4.73. The molecule has 0 spiro atoms. The van der Waals surface area contributed by atoms with E-state index >= 15 is 0 Å². The molecule has 5 heteroatoms. The molecule has 0 unspecified atom stereocenters. The van der Waals surface area contributed by atoms with E-state index in [-0.39, 0.29) is 0 Å². The fourth-order valence-electron chi connectivity index (χ4n) is 2.46. The van der Waals surface area contributed by atoms with Crippen LogP contribution in [0, 0.1) is 11.7 Å². The van der Waals surface area contributed by atoms with Crippen molar-refractivity contribution in [1.29, 1.82) is 0 Å². The fourth-order valence-corrected chi connectivity index (χ4v) is 2.67. The molecule has 4 nitrogen and oxygen atoms in total. The molecule has 1 aromatic carbocycles. The molecule has 1 aliphatic rings. The van der Waals surface area contributed by atoms with Gasteiger partial charge >= 0.3 is 0 Å². The molecule has 3 N–H and O–H groups in total. The highest BCUT2D eigenvalue weighted by Gasteiger charge is 2.14. The third kappa shape index (κ3) is 2.89. The van der Waals surface area contributed by atoms with Crippen LogP contribution in [-0.2, 0) is 12.8 Å². The molecule has 2 aromatic rings. The smallest absolute Gasteiger partial charge is 0.198 e. The summed E-state index contributed by atoms with van der Waals surface area (Å²) < 4.78 is 0.542. The Morgan fingerprint density at radius 2 is 1.90 bits per heavy atom. The van der Waals surface area contributed by atoms with Gasteiger partial charge in [0, 0.05) is 29.9 Å². The highest BCUT2D eigenvalue weighted by Crippen LogP contribution is 2.22. The number of hydrogen-bond donors (Lipinski definition) is 3. The van der Waals surface area contributed by atoms with Crippen molar-refractivity contribution < 1.29 is 0 Å². The quantitative estimate of drug-likeness (QED) is 0.743. The van der Waals surface area contributed by atoms with Crippen LogP contribution in [0.15, 0.2) is 24.3 Å². The first kappa shape index (κ1) is 13.3. The minimum absolute atomic E-state index is 0.542. The van der Waals surface area contributed by atoms with Crippen molar-refractivity contribution in [2.24, 2.45) is 0 Å². The number of rotatable bonds is 2. The Morgan fingerprint density at radius 1 is 1.15 bits per heavy atom. The predicted octanol–water partition coefficient (Wildman–Crippen LogP) is 2.88. The first-order valence-corrected chi connectivity index (χ1v) is 7.30. The van der Waals surface area contributed by atoms with Crippen LogP contribution >= 0.6 is 12.2 Å². The zero-order valence-electron chi connectivity index (χ0n) is 11.5. The molecule has 1 aliphatic heterocycles. The molecule has 3 rings (SSSR count). The van der Waals surface area contributed by atoms with Gasteiger partial charge < -0.3 is 15.6 Å². The Labute approximate surface area is 123 Å². The van der Waals surface area contributed by atoms with Gasteiger partial charge in [-0.05, 0) is 44.2 Å². The second kappa shape index (κ2) is 5.73. The summed E-state index contributed by atoms with van der Waals surface area (Å²) in [5, 5.41) is 6.80. The topological polar surface area (TPSA) is 52.7 Å². The zero-order valence-corrected chi connectivity index (χ0v) is 12.3. The van der Waals surface area contributed by atoms with E-state index in [1.807, 2.05) is 0 Å². The Balaban J connectivity index is 1.98. The summed E-state index contributed by atoms with van der Waals surface area (Å²) in [6, 6.07) is 8.31. The lowest BCUT2D eigenvalue weighted by Crippen LogP contribution is -2.16. The maximum Gasteiger partial charge on any atom is 0.198 e. The van der Waals surface area contributed by atoms with Crippen LogP contribution in [-0.4, -0.2) is 23.1 Å². The number of anilines is 2. The van der Waals surface area contributed by atoms with Crippen molar-refractivity contribution in [3.05, 3.63) is 45.9 Å². The number of fused-ring (bicyclic) bond motifs is 1. The molecule has 104 valence electrons. The van der Waals surface area contributed by atoms with Gasteiger partial charge in [-0.3, -0.25) is 0 Å². The van der Waals surface area contributed by atoms with Gasteiger partial charge in [0.15, 0.2) is 4.77 Å². The van der Waals surface area contributed by atoms with Gasteiger partial charge in [0.25, 0.3) is 0 Å². The Hall–Kier alpha value is -1.72. The third-order valence-corrected chi connectivity index (χ3v) is 3.73. The molecule has 0 amide bonds. The van der Waals surface area contributed by atoms with Gasteiger partial charge in [0.1, 0.15) is 5.82 Å². The highest BCUT2D eigenvalue weighted by molar-refractivity contribution is 7.71. The predicted molar refractivity (Wildman–Crippen MR) is 84.2 cm³/mol. The fraction of sp³-hybridized carbons (Fsp3) is 0.333. The minimum atomic E-state index is 0.542. The molecule has 20 heavy (non-hydrogen) atoms. The number of H-pyrrole nitrogens is 1. The molecule has 2 heterocycles. The molecule has 0 radical (unpaired) electrons. The van der Waals surface area contributed by atoms with Gasteiger partial charge in [-0.25, -0.2) is 4.98 Å². The Morgan fingerprint density at radius 3 is 2.70 bits per heavy atom. The lowest BCUT2D eigenvalue weighted by atomic mass is 10.1. The van der Waals surface area contributed by atoms with E-state index in [1.165, 1.54) is 16.8 Å². The van der Waals surface area contributed by atoms with E-state index < -0.39 is 0 Å². The first-order chi connectivity index (χ1) is 9.72. The second-order valence-corrected chi connectivity index (χ2v) is 5.48. The van der Waals surface area contributed by atoms with Gasteiger partial charge in [0.2, 0.25) is 0 Å². The Bertz CT molecular complexity index is 661. The molecule has 1 aromatic heterocycles. The molecule has 0 fully saturated rings. The molecule has 0 saturated carbocycles. The highest BCUT2D eigenvalue weighted by atomic mass is 32.1. The zero-order chi connectivity index (χ0) is 13.9.